The molecular weight excluding hydrogens is 428 g/mol. The van der Waals surface area contributed by atoms with E-state index in [0.717, 1.165) is 17.0 Å². The normalized spacial score (nSPS) is 17.6. The van der Waals surface area contributed by atoms with Crippen LogP contribution in [0.4, 0.5) is 5.69 Å². The van der Waals surface area contributed by atoms with Crippen LogP contribution in [-0.4, -0.2) is 31.7 Å². The zero-order chi connectivity index (χ0) is 21.4. The summed E-state index contributed by atoms with van der Waals surface area (Å²) in [6, 6.07) is 12.2. The number of nitrogens with zero attached hydrogens (tertiary/aromatic N) is 1. The van der Waals surface area contributed by atoms with Crippen molar-refractivity contribution < 1.29 is 13.2 Å². The molecule has 0 aliphatic carbocycles. The van der Waals surface area contributed by atoms with Crippen LogP contribution in [0.15, 0.2) is 52.3 Å². The summed E-state index contributed by atoms with van der Waals surface area (Å²) in [5.41, 5.74) is 0.469. The summed E-state index contributed by atoms with van der Waals surface area (Å²) in [7, 11) is -3.87. The molecular formula is C21H25ClN2O3S2. The fourth-order valence-corrected chi connectivity index (χ4v) is 6.21. The van der Waals surface area contributed by atoms with E-state index in [9.17, 15) is 13.2 Å². The quantitative estimate of drug-likeness (QED) is 0.715. The first-order valence-corrected chi connectivity index (χ1v) is 12.1. The fourth-order valence-electron chi connectivity index (χ4n) is 3.15. The van der Waals surface area contributed by atoms with Gasteiger partial charge in [-0.2, -0.15) is 0 Å². The van der Waals surface area contributed by atoms with Gasteiger partial charge in [-0.25, -0.2) is 13.1 Å². The number of carbonyl (C=O) groups is 1. The van der Waals surface area contributed by atoms with Crippen molar-refractivity contribution in [3.8, 4) is 0 Å². The Morgan fingerprint density at radius 3 is 2.59 bits per heavy atom. The number of hydrogen-bond donors (Lipinski definition) is 1. The molecule has 0 spiro atoms. The van der Waals surface area contributed by atoms with Crippen molar-refractivity contribution in [1.29, 1.82) is 0 Å². The van der Waals surface area contributed by atoms with Gasteiger partial charge in [0.1, 0.15) is 4.90 Å². The second-order valence-corrected chi connectivity index (χ2v) is 11.7. The van der Waals surface area contributed by atoms with Crippen molar-refractivity contribution >= 4 is 45.0 Å². The van der Waals surface area contributed by atoms with Crippen LogP contribution in [0.2, 0.25) is 5.02 Å². The van der Waals surface area contributed by atoms with Crippen molar-refractivity contribution in [1.82, 2.24) is 4.72 Å². The molecule has 5 nitrogen and oxygen atoms in total. The van der Waals surface area contributed by atoms with E-state index in [1.807, 2.05) is 24.3 Å². The molecule has 2 aromatic rings. The summed E-state index contributed by atoms with van der Waals surface area (Å²) in [5.74, 6) is -0.240. The van der Waals surface area contributed by atoms with E-state index < -0.39 is 15.6 Å². The largest absolute Gasteiger partial charge is 0.307 e. The Hall–Kier alpha value is -1.54. The number of carbonyl (C=O) groups excluding carboxylic acids is 1. The topological polar surface area (TPSA) is 66.5 Å². The van der Waals surface area contributed by atoms with Crippen molar-refractivity contribution in [2.75, 3.05) is 11.4 Å². The Bertz CT molecular complexity index is 1030. The van der Waals surface area contributed by atoms with Gasteiger partial charge < -0.3 is 4.90 Å². The van der Waals surface area contributed by atoms with Crippen LogP contribution in [-0.2, 0) is 10.0 Å². The van der Waals surface area contributed by atoms with Crippen molar-refractivity contribution in [3.05, 3.63) is 53.1 Å². The maximum absolute atomic E-state index is 13.4. The highest BCUT2D eigenvalue weighted by Crippen LogP contribution is 2.38. The number of thioether (sulfide) groups is 1. The van der Waals surface area contributed by atoms with Crippen LogP contribution in [0.3, 0.4) is 0 Å². The third-order valence-electron chi connectivity index (χ3n) is 4.40. The summed E-state index contributed by atoms with van der Waals surface area (Å²) in [6.45, 7) is 7.96. The minimum atomic E-state index is -3.87. The molecule has 1 heterocycles. The molecule has 0 saturated heterocycles. The lowest BCUT2D eigenvalue weighted by Crippen LogP contribution is -2.40. The summed E-state index contributed by atoms with van der Waals surface area (Å²) < 4.78 is 28.2. The summed E-state index contributed by atoms with van der Waals surface area (Å²) >= 11 is 7.92. The minimum Gasteiger partial charge on any atom is -0.307 e. The highest BCUT2D eigenvalue weighted by Gasteiger charge is 2.28. The number of nitrogens with one attached hydrogen (secondary N) is 1. The number of anilines is 1. The monoisotopic (exact) mass is 452 g/mol. The van der Waals surface area contributed by atoms with Gasteiger partial charge in [0, 0.05) is 27.8 Å². The highest BCUT2D eigenvalue weighted by atomic mass is 35.5. The highest BCUT2D eigenvalue weighted by molar-refractivity contribution is 8.00. The van der Waals surface area contributed by atoms with Crippen molar-refractivity contribution in [3.63, 3.8) is 0 Å². The molecule has 2 aromatic carbocycles. The summed E-state index contributed by atoms with van der Waals surface area (Å²) in [6.07, 6.45) is 0.843. The van der Waals surface area contributed by atoms with Crippen LogP contribution >= 0.6 is 23.4 Å². The Morgan fingerprint density at radius 1 is 1.21 bits per heavy atom. The van der Waals surface area contributed by atoms with E-state index in [0.29, 0.717) is 11.8 Å². The molecule has 8 heteroatoms. The lowest BCUT2D eigenvalue weighted by Gasteiger charge is -2.24. The molecule has 0 aromatic heterocycles. The molecule has 156 valence electrons. The third kappa shape index (κ3) is 5.15. The third-order valence-corrected chi connectivity index (χ3v) is 7.87. The lowest BCUT2D eigenvalue weighted by atomic mass is 10.1. The van der Waals surface area contributed by atoms with Crippen LogP contribution in [0.5, 0.6) is 0 Å². The van der Waals surface area contributed by atoms with Crippen LogP contribution in [0, 0.1) is 0 Å². The Kier molecular flexibility index (Phi) is 6.34. The number of halogens is 1. The van der Waals surface area contributed by atoms with Gasteiger partial charge in [-0.3, -0.25) is 4.79 Å². The smallest absolute Gasteiger partial charge is 0.258 e. The predicted molar refractivity (Wildman–Crippen MR) is 120 cm³/mol. The second-order valence-electron chi connectivity index (χ2n) is 8.14. The SMILES string of the molecule is C[C@@H]1CCN(C(=O)c2ccc(Cl)c(S(=O)(=O)NC(C)(C)C)c2)c2ccccc2S1. The second kappa shape index (κ2) is 8.30. The Labute approximate surface area is 181 Å². The average molecular weight is 453 g/mol. The Balaban J connectivity index is 2.01. The molecule has 0 bridgehead atoms. The fraction of sp³-hybridized carbons (Fsp3) is 0.381. The number of rotatable bonds is 3. The minimum absolute atomic E-state index is 0.0822. The summed E-state index contributed by atoms with van der Waals surface area (Å²) in [4.78, 5) is 16.0. The summed E-state index contributed by atoms with van der Waals surface area (Å²) in [5, 5.41) is 0.463. The van der Waals surface area contributed by atoms with Gasteiger partial charge in [-0.15, -0.1) is 11.8 Å². The van der Waals surface area contributed by atoms with E-state index in [-0.39, 0.29) is 21.4 Å². The average Bonchev–Trinajstić information content (AvgIpc) is 2.77. The molecule has 1 N–H and O–H groups in total. The number of amides is 1. The molecule has 0 saturated carbocycles. The van der Waals surface area contributed by atoms with Crippen molar-refractivity contribution in [2.24, 2.45) is 0 Å². The van der Waals surface area contributed by atoms with Crippen molar-refractivity contribution in [2.45, 2.75) is 54.7 Å². The number of benzene rings is 2. The first kappa shape index (κ1) is 22.2. The van der Waals surface area contributed by atoms with Crippen LogP contribution in [0.1, 0.15) is 44.5 Å². The molecule has 3 rings (SSSR count). The molecule has 1 atom stereocenters. The Morgan fingerprint density at radius 2 is 1.90 bits per heavy atom. The van der Waals surface area contributed by atoms with Crippen LogP contribution in [0.25, 0.3) is 0 Å². The molecule has 29 heavy (non-hydrogen) atoms. The first-order valence-electron chi connectivity index (χ1n) is 9.39. The molecule has 0 unspecified atom stereocenters. The zero-order valence-electron chi connectivity index (χ0n) is 16.9. The van der Waals surface area contributed by atoms with Gasteiger partial charge >= 0.3 is 0 Å². The molecule has 1 aliphatic heterocycles. The van der Waals surface area contributed by atoms with Gasteiger partial charge in [-0.05, 0) is 57.5 Å². The predicted octanol–water partition coefficient (Wildman–Crippen LogP) is 4.95. The van der Waals surface area contributed by atoms with Gasteiger partial charge in [0.2, 0.25) is 10.0 Å². The number of fused-ring (bicyclic) bond motifs is 1. The molecule has 0 fully saturated rings. The molecule has 0 radical (unpaired) electrons. The lowest BCUT2D eigenvalue weighted by molar-refractivity contribution is 0.0986. The van der Waals surface area contributed by atoms with Gasteiger partial charge in [0.25, 0.3) is 5.91 Å². The molecule has 1 amide bonds. The van der Waals surface area contributed by atoms with Gasteiger partial charge in [-0.1, -0.05) is 30.7 Å². The maximum atomic E-state index is 13.4. The van der Waals surface area contributed by atoms with E-state index >= 15 is 0 Å². The van der Waals surface area contributed by atoms with E-state index in [4.69, 9.17) is 11.6 Å². The zero-order valence-corrected chi connectivity index (χ0v) is 19.3. The van der Waals surface area contributed by atoms with E-state index in [1.54, 1.807) is 43.5 Å². The van der Waals surface area contributed by atoms with Gasteiger partial charge in [0.15, 0.2) is 0 Å². The van der Waals surface area contributed by atoms with E-state index in [1.165, 1.54) is 12.1 Å². The van der Waals surface area contributed by atoms with Gasteiger partial charge in [0.05, 0.1) is 10.7 Å². The number of hydrogen-bond acceptors (Lipinski definition) is 4. The molecule has 1 aliphatic rings. The van der Waals surface area contributed by atoms with E-state index in [2.05, 4.69) is 11.6 Å². The number of sulfonamides is 1. The van der Waals surface area contributed by atoms with Crippen LogP contribution < -0.4 is 9.62 Å². The first-order chi connectivity index (χ1) is 13.5. The standard InChI is InChI=1S/C21H25ClN2O3S2/c1-14-11-12-24(17-7-5-6-8-18(17)28-14)20(25)15-9-10-16(22)19(13-15)29(26,27)23-21(2,3)4/h5-10,13-14,23H,11-12H2,1-4H3/t14-/m1/s1. The number of para-hydroxylation sites is 1. The maximum Gasteiger partial charge on any atom is 0.258 e.